The third-order valence-corrected chi connectivity index (χ3v) is 7.47. The van der Waals surface area contributed by atoms with E-state index in [1.165, 1.54) is 4.90 Å². The first-order chi connectivity index (χ1) is 15.9. The molecule has 3 N–H and O–H groups in total. The first kappa shape index (κ1) is 20.4. The maximum atomic E-state index is 13.8. The number of nitrogens with one attached hydrogen (secondary N) is 1. The summed E-state index contributed by atoms with van der Waals surface area (Å²) in [4.78, 5) is 28.6. The number of hydrogen-bond acceptors (Lipinski definition) is 5. The lowest BCUT2D eigenvalue weighted by Crippen LogP contribution is -2.52. The summed E-state index contributed by atoms with van der Waals surface area (Å²) in [7, 11) is 0. The molecule has 7 heteroatoms. The summed E-state index contributed by atoms with van der Waals surface area (Å²) in [6.45, 7) is 0.603. The Morgan fingerprint density at radius 1 is 0.970 bits per heavy atom. The molecule has 2 atom stereocenters. The molecule has 2 unspecified atom stereocenters. The van der Waals surface area contributed by atoms with E-state index in [4.69, 9.17) is 0 Å². The molecular weight excluding hydrogens is 531 g/mol. The summed E-state index contributed by atoms with van der Waals surface area (Å²) in [5.41, 5.74) is 1.71. The SMILES string of the molecule is O=C1C2=C(NCCN3C(=O)c4ccccc4C3(O)C2c2cc(I)ccc2O)c2ccccc21. The Kier molecular flexibility index (Phi) is 4.44. The Morgan fingerprint density at radius 3 is 2.45 bits per heavy atom. The number of aromatic hydroxyl groups is 1. The summed E-state index contributed by atoms with van der Waals surface area (Å²) in [5, 5.41) is 26.8. The number of carbonyl (C=O) groups excluding carboxylic acids is 2. The van der Waals surface area contributed by atoms with Gasteiger partial charge in [-0.2, -0.15) is 0 Å². The van der Waals surface area contributed by atoms with E-state index in [1.807, 2.05) is 18.2 Å². The number of ketones is 1. The highest BCUT2D eigenvalue weighted by molar-refractivity contribution is 14.1. The number of fused-ring (bicyclic) bond motifs is 5. The molecule has 0 spiro atoms. The van der Waals surface area contributed by atoms with Crippen molar-refractivity contribution in [3.63, 3.8) is 0 Å². The predicted molar refractivity (Wildman–Crippen MR) is 131 cm³/mol. The van der Waals surface area contributed by atoms with E-state index in [0.717, 1.165) is 9.13 Å². The highest BCUT2D eigenvalue weighted by atomic mass is 127. The summed E-state index contributed by atoms with van der Waals surface area (Å²) < 4.78 is 0.841. The molecular formula is C26H19IN2O4. The van der Waals surface area contributed by atoms with Gasteiger partial charge in [0.25, 0.3) is 5.91 Å². The van der Waals surface area contributed by atoms with Crippen LogP contribution in [-0.2, 0) is 5.72 Å². The van der Waals surface area contributed by atoms with Crippen molar-refractivity contribution in [1.29, 1.82) is 0 Å². The lowest BCUT2D eigenvalue weighted by molar-refractivity contribution is -0.0972. The minimum Gasteiger partial charge on any atom is -0.508 e. The van der Waals surface area contributed by atoms with E-state index >= 15 is 0 Å². The van der Waals surface area contributed by atoms with Crippen molar-refractivity contribution < 1.29 is 19.8 Å². The van der Waals surface area contributed by atoms with E-state index in [1.54, 1.807) is 48.5 Å². The lowest BCUT2D eigenvalue weighted by Gasteiger charge is -2.43. The molecule has 6 nitrogen and oxygen atoms in total. The van der Waals surface area contributed by atoms with Crippen LogP contribution in [0.2, 0.25) is 0 Å². The molecule has 6 rings (SSSR count). The average Bonchev–Trinajstić information content (AvgIpc) is 3.20. The van der Waals surface area contributed by atoms with E-state index < -0.39 is 11.6 Å². The maximum absolute atomic E-state index is 13.8. The van der Waals surface area contributed by atoms with Gasteiger partial charge in [0, 0.05) is 50.1 Å². The smallest absolute Gasteiger partial charge is 0.256 e. The van der Waals surface area contributed by atoms with E-state index in [-0.39, 0.29) is 24.0 Å². The zero-order valence-electron chi connectivity index (χ0n) is 17.4. The van der Waals surface area contributed by atoms with Crippen LogP contribution >= 0.6 is 22.6 Å². The van der Waals surface area contributed by atoms with Crippen LogP contribution in [0.15, 0.2) is 72.3 Å². The van der Waals surface area contributed by atoms with Gasteiger partial charge >= 0.3 is 0 Å². The topological polar surface area (TPSA) is 89.9 Å². The standard InChI is InChI=1S/C26H19IN2O4/c27-14-9-10-20(30)18(13-14)22-21-23(15-5-1-2-6-16(15)24(21)31)28-11-12-29-25(32)17-7-3-4-8-19(17)26(22,29)33/h1-10,13,22,28,30,33H,11-12H2. The van der Waals surface area contributed by atoms with E-state index in [2.05, 4.69) is 27.9 Å². The Morgan fingerprint density at radius 2 is 1.67 bits per heavy atom. The third-order valence-electron chi connectivity index (χ3n) is 6.79. The monoisotopic (exact) mass is 550 g/mol. The molecule has 33 heavy (non-hydrogen) atoms. The molecule has 3 aromatic carbocycles. The number of phenolic OH excluding ortho intramolecular Hbond substituents is 1. The van der Waals surface area contributed by atoms with Crippen LogP contribution in [0.1, 0.15) is 43.3 Å². The Balaban J connectivity index is 1.71. The second kappa shape index (κ2) is 7.16. The normalized spacial score (nSPS) is 23.3. The van der Waals surface area contributed by atoms with Crippen molar-refractivity contribution >= 4 is 40.0 Å². The van der Waals surface area contributed by atoms with Crippen molar-refractivity contribution in [2.45, 2.75) is 11.6 Å². The Hall–Kier alpha value is -3.17. The summed E-state index contributed by atoms with van der Waals surface area (Å²) >= 11 is 2.14. The highest BCUT2D eigenvalue weighted by Crippen LogP contribution is 2.55. The van der Waals surface area contributed by atoms with Gasteiger partial charge in [-0.05, 0) is 46.9 Å². The molecule has 2 heterocycles. The van der Waals surface area contributed by atoms with Crippen LogP contribution < -0.4 is 5.32 Å². The quantitative estimate of drug-likeness (QED) is 0.403. The summed E-state index contributed by atoms with van der Waals surface area (Å²) in [6, 6.07) is 19.4. The van der Waals surface area contributed by atoms with Crippen LogP contribution in [0, 0.1) is 3.57 Å². The van der Waals surface area contributed by atoms with Crippen molar-refractivity contribution in [3.8, 4) is 5.75 Å². The van der Waals surface area contributed by atoms with E-state index in [0.29, 0.717) is 40.1 Å². The minimum absolute atomic E-state index is 0.0400. The molecule has 0 aromatic heterocycles. The predicted octanol–water partition coefficient (Wildman–Crippen LogP) is 3.59. The maximum Gasteiger partial charge on any atom is 0.256 e. The van der Waals surface area contributed by atoms with Crippen LogP contribution in [0.25, 0.3) is 5.70 Å². The molecule has 3 aliphatic rings. The molecule has 0 saturated carbocycles. The number of Topliss-reactive ketones (excluding diaryl/α,β-unsaturated/α-hetero) is 1. The molecule has 0 radical (unpaired) electrons. The van der Waals surface area contributed by atoms with Gasteiger partial charge in [0.2, 0.25) is 0 Å². The van der Waals surface area contributed by atoms with Crippen LogP contribution in [-0.4, -0.2) is 39.9 Å². The first-order valence-corrected chi connectivity index (χ1v) is 11.7. The van der Waals surface area contributed by atoms with Crippen molar-refractivity contribution in [2.75, 3.05) is 13.1 Å². The van der Waals surface area contributed by atoms with Crippen molar-refractivity contribution in [1.82, 2.24) is 10.2 Å². The number of benzene rings is 3. The number of nitrogens with zero attached hydrogens (tertiary/aromatic N) is 1. The van der Waals surface area contributed by atoms with Gasteiger partial charge in [-0.15, -0.1) is 0 Å². The lowest BCUT2D eigenvalue weighted by atomic mass is 9.76. The Bertz CT molecular complexity index is 1400. The van der Waals surface area contributed by atoms with Gasteiger partial charge in [-0.1, -0.05) is 42.5 Å². The van der Waals surface area contributed by atoms with Gasteiger partial charge < -0.3 is 20.4 Å². The van der Waals surface area contributed by atoms with Gasteiger partial charge in [0.15, 0.2) is 11.5 Å². The zero-order chi connectivity index (χ0) is 22.9. The summed E-state index contributed by atoms with van der Waals surface area (Å²) in [5.74, 6) is -1.55. The molecule has 3 aromatic rings. The number of hydrogen-bond donors (Lipinski definition) is 3. The number of aliphatic hydroxyl groups is 1. The fourth-order valence-electron chi connectivity index (χ4n) is 5.41. The largest absolute Gasteiger partial charge is 0.508 e. The fraction of sp³-hybridized carbons (Fsp3) is 0.154. The van der Waals surface area contributed by atoms with Crippen molar-refractivity contribution in [3.05, 3.63) is 104 Å². The number of rotatable bonds is 1. The zero-order valence-corrected chi connectivity index (χ0v) is 19.5. The number of phenols is 1. The second-order valence-electron chi connectivity index (χ2n) is 8.45. The molecule has 0 fully saturated rings. The fourth-order valence-corrected chi connectivity index (χ4v) is 5.93. The molecule has 1 aliphatic carbocycles. The molecule has 2 aliphatic heterocycles. The molecule has 1 amide bonds. The molecule has 164 valence electrons. The average molecular weight is 550 g/mol. The summed E-state index contributed by atoms with van der Waals surface area (Å²) in [6.07, 6.45) is 0. The van der Waals surface area contributed by atoms with Crippen LogP contribution in [0.5, 0.6) is 5.75 Å². The molecule has 0 saturated heterocycles. The third kappa shape index (κ3) is 2.69. The van der Waals surface area contributed by atoms with Gasteiger partial charge in [0.05, 0.1) is 11.6 Å². The van der Waals surface area contributed by atoms with Gasteiger partial charge in [0.1, 0.15) is 5.75 Å². The first-order valence-electron chi connectivity index (χ1n) is 10.7. The van der Waals surface area contributed by atoms with Crippen LogP contribution in [0.3, 0.4) is 0 Å². The van der Waals surface area contributed by atoms with Crippen molar-refractivity contribution in [2.24, 2.45) is 0 Å². The minimum atomic E-state index is -1.84. The second-order valence-corrected chi connectivity index (χ2v) is 9.70. The number of amides is 1. The van der Waals surface area contributed by atoms with Crippen LogP contribution in [0.4, 0.5) is 0 Å². The van der Waals surface area contributed by atoms with Gasteiger partial charge in [-0.3, -0.25) is 9.59 Å². The number of halogens is 1. The van der Waals surface area contributed by atoms with E-state index in [9.17, 15) is 19.8 Å². The molecule has 0 bridgehead atoms. The number of carbonyl (C=O) groups is 2. The Labute approximate surface area is 203 Å². The van der Waals surface area contributed by atoms with Gasteiger partial charge in [-0.25, -0.2) is 0 Å². The highest BCUT2D eigenvalue weighted by Gasteiger charge is 2.58.